The lowest BCUT2D eigenvalue weighted by Crippen LogP contribution is -2.23. The lowest BCUT2D eigenvalue weighted by Gasteiger charge is -2.16. The third kappa shape index (κ3) is 4.75. The minimum atomic E-state index is -4.62. The van der Waals surface area contributed by atoms with E-state index in [0.29, 0.717) is 18.7 Å². The van der Waals surface area contributed by atoms with Gasteiger partial charge in [0, 0.05) is 24.3 Å². The molecule has 0 unspecified atom stereocenters. The number of nitrogens with one attached hydrogen (secondary N) is 1. The number of carbonyl (C=O) groups excluding carboxylic acids is 2. The van der Waals surface area contributed by atoms with Crippen molar-refractivity contribution in [3.8, 4) is 5.75 Å². The molecule has 0 spiro atoms. The van der Waals surface area contributed by atoms with Crippen molar-refractivity contribution >= 4 is 34.8 Å². The van der Waals surface area contributed by atoms with Crippen LogP contribution in [0.3, 0.4) is 0 Å². The second kappa shape index (κ2) is 8.10. The first-order chi connectivity index (χ1) is 13.2. The Morgan fingerprint density at radius 3 is 2.50 bits per heavy atom. The summed E-state index contributed by atoms with van der Waals surface area (Å²) < 4.78 is 43.9. The van der Waals surface area contributed by atoms with Gasteiger partial charge in [-0.1, -0.05) is 11.6 Å². The van der Waals surface area contributed by atoms with Gasteiger partial charge >= 0.3 is 6.18 Å². The Kier molecular flexibility index (Phi) is 5.79. The fourth-order valence-electron chi connectivity index (χ4n) is 2.81. The highest BCUT2D eigenvalue weighted by Gasteiger charge is 2.33. The van der Waals surface area contributed by atoms with Crippen molar-refractivity contribution in [3.05, 3.63) is 53.1 Å². The Balaban J connectivity index is 1.57. The highest BCUT2D eigenvalue weighted by Crippen LogP contribution is 2.36. The van der Waals surface area contributed by atoms with Gasteiger partial charge in [0.1, 0.15) is 5.75 Å². The number of hydrogen-bond acceptors (Lipinski definition) is 3. The van der Waals surface area contributed by atoms with E-state index in [1.54, 1.807) is 29.2 Å². The number of ether oxygens (including phenoxy) is 1. The van der Waals surface area contributed by atoms with Crippen LogP contribution in [0.2, 0.25) is 5.02 Å². The van der Waals surface area contributed by atoms with Crippen molar-refractivity contribution in [2.24, 2.45) is 0 Å². The summed E-state index contributed by atoms with van der Waals surface area (Å²) in [6.45, 7) is 0.286. The van der Waals surface area contributed by atoms with Crippen LogP contribution in [0.4, 0.5) is 24.5 Å². The molecule has 0 radical (unpaired) electrons. The average Bonchev–Trinajstić information content (AvgIpc) is 3.07. The predicted octanol–water partition coefficient (Wildman–Crippen LogP) is 4.50. The van der Waals surface area contributed by atoms with Crippen LogP contribution in [-0.4, -0.2) is 25.0 Å². The molecule has 1 aliphatic rings. The van der Waals surface area contributed by atoms with Gasteiger partial charge in [0.2, 0.25) is 5.91 Å². The fraction of sp³-hybridized carbons (Fsp3) is 0.263. The number of rotatable bonds is 5. The first-order valence-corrected chi connectivity index (χ1v) is 8.81. The second-order valence-electron chi connectivity index (χ2n) is 6.17. The van der Waals surface area contributed by atoms with Crippen LogP contribution >= 0.6 is 11.6 Å². The summed E-state index contributed by atoms with van der Waals surface area (Å²) in [7, 11) is 0. The number of amides is 2. The van der Waals surface area contributed by atoms with Gasteiger partial charge in [-0.3, -0.25) is 9.59 Å². The van der Waals surface area contributed by atoms with E-state index in [9.17, 15) is 22.8 Å². The molecule has 1 aliphatic heterocycles. The van der Waals surface area contributed by atoms with Gasteiger partial charge in [-0.15, -0.1) is 0 Å². The summed E-state index contributed by atoms with van der Waals surface area (Å²) in [5.41, 5.74) is -0.312. The van der Waals surface area contributed by atoms with Crippen LogP contribution in [0.25, 0.3) is 0 Å². The third-order valence-corrected chi connectivity index (χ3v) is 4.48. The molecule has 3 rings (SSSR count). The number of anilines is 2. The Hall–Kier alpha value is -2.74. The van der Waals surface area contributed by atoms with Gasteiger partial charge in [0.05, 0.1) is 10.6 Å². The highest BCUT2D eigenvalue weighted by atomic mass is 35.5. The molecule has 148 valence electrons. The first kappa shape index (κ1) is 20.0. The summed E-state index contributed by atoms with van der Waals surface area (Å²) in [6.07, 6.45) is -3.27. The maximum Gasteiger partial charge on any atom is 0.417 e. The van der Waals surface area contributed by atoms with Gasteiger partial charge in [-0.25, -0.2) is 0 Å². The lowest BCUT2D eigenvalue weighted by molar-refractivity contribution is -0.137. The highest BCUT2D eigenvalue weighted by molar-refractivity contribution is 6.31. The molecule has 1 fully saturated rings. The number of alkyl halides is 3. The molecule has 0 bridgehead atoms. The third-order valence-electron chi connectivity index (χ3n) is 4.15. The SMILES string of the molecule is O=C(COc1ccc(N2CCCC2=O)cc1)Nc1ccc(Cl)c(C(F)(F)F)c1. The molecule has 0 saturated carbocycles. The smallest absolute Gasteiger partial charge is 0.417 e. The lowest BCUT2D eigenvalue weighted by atomic mass is 10.2. The molecule has 0 aromatic heterocycles. The minimum Gasteiger partial charge on any atom is -0.484 e. The minimum absolute atomic E-state index is 0.0341. The summed E-state index contributed by atoms with van der Waals surface area (Å²) in [5, 5.41) is 1.89. The summed E-state index contributed by atoms with van der Waals surface area (Å²) in [5.74, 6) is -0.152. The van der Waals surface area contributed by atoms with E-state index < -0.39 is 22.7 Å². The van der Waals surface area contributed by atoms with Crippen LogP contribution in [0, 0.1) is 0 Å². The molecule has 2 amide bonds. The van der Waals surface area contributed by atoms with Crippen molar-refractivity contribution in [2.45, 2.75) is 19.0 Å². The zero-order chi connectivity index (χ0) is 20.3. The molecule has 0 aliphatic carbocycles. The molecule has 1 saturated heterocycles. The van der Waals surface area contributed by atoms with E-state index in [2.05, 4.69) is 5.32 Å². The number of nitrogens with zero attached hydrogens (tertiary/aromatic N) is 1. The Bertz CT molecular complexity index is 885. The zero-order valence-electron chi connectivity index (χ0n) is 14.6. The van der Waals surface area contributed by atoms with Gasteiger partial charge < -0.3 is 15.0 Å². The maximum absolute atomic E-state index is 12.9. The summed E-state index contributed by atoms with van der Waals surface area (Å²) in [6, 6.07) is 9.78. The quantitative estimate of drug-likeness (QED) is 0.786. The topological polar surface area (TPSA) is 58.6 Å². The summed E-state index contributed by atoms with van der Waals surface area (Å²) in [4.78, 5) is 25.3. The normalized spacial score (nSPS) is 14.3. The van der Waals surface area contributed by atoms with Crippen LogP contribution in [-0.2, 0) is 15.8 Å². The Morgan fingerprint density at radius 2 is 1.89 bits per heavy atom. The Labute approximate surface area is 164 Å². The van der Waals surface area contributed by atoms with Gasteiger partial charge in [-0.2, -0.15) is 13.2 Å². The van der Waals surface area contributed by atoms with Crippen LogP contribution in [0.1, 0.15) is 18.4 Å². The zero-order valence-corrected chi connectivity index (χ0v) is 15.3. The average molecular weight is 413 g/mol. The van der Waals surface area contributed by atoms with Crippen molar-refractivity contribution in [1.82, 2.24) is 0 Å². The molecular weight excluding hydrogens is 397 g/mol. The number of carbonyl (C=O) groups is 2. The van der Waals surface area contributed by atoms with E-state index in [1.807, 2.05) is 0 Å². The molecule has 2 aromatic rings. The van der Waals surface area contributed by atoms with Gasteiger partial charge in [0.25, 0.3) is 5.91 Å². The molecule has 1 heterocycles. The van der Waals surface area contributed by atoms with Crippen LogP contribution in [0.5, 0.6) is 5.75 Å². The van der Waals surface area contributed by atoms with E-state index in [1.165, 1.54) is 6.07 Å². The first-order valence-electron chi connectivity index (χ1n) is 8.44. The van der Waals surface area contributed by atoms with E-state index in [0.717, 1.165) is 24.2 Å². The molecule has 0 atom stereocenters. The largest absolute Gasteiger partial charge is 0.484 e. The summed E-state index contributed by atoms with van der Waals surface area (Å²) >= 11 is 5.55. The van der Waals surface area contributed by atoms with Gasteiger partial charge in [0.15, 0.2) is 6.61 Å². The van der Waals surface area contributed by atoms with Crippen molar-refractivity contribution in [3.63, 3.8) is 0 Å². The maximum atomic E-state index is 12.9. The Morgan fingerprint density at radius 1 is 1.18 bits per heavy atom. The van der Waals surface area contributed by atoms with Gasteiger partial charge in [-0.05, 0) is 48.9 Å². The number of hydrogen-bond donors (Lipinski definition) is 1. The van der Waals surface area contributed by atoms with Crippen molar-refractivity contribution in [1.29, 1.82) is 0 Å². The van der Waals surface area contributed by atoms with Crippen LogP contribution in [0.15, 0.2) is 42.5 Å². The molecule has 28 heavy (non-hydrogen) atoms. The standard InChI is InChI=1S/C19H16ClF3N2O3/c20-16-8-3-12(10-15(16)19(21,22)23)24-17(26)11-28-14-6-4-13(5-7-14)25-9-1-2-18(25)27/h3-8,10H,1-2,9,11H2,(H,24,26). The second-order valence-corrected chi connectivity index (χ2v) is 6.58. The molecule has 2 aromatic carbocycles. The molecule has 9 heteroatoms. The predicted molar refractivity (Wildman–Crippen MR) is 98.6 cm³/mol. The molecular formula is C19H16ClF3N2O3. The number of halogens is 4. The molecule has 1 N–H and O–H groups in total. The molecule has 5 nitrogen and oxygen atoms in total. The monoisotopic (exact) mass is 412 g/mol. The van der Waals surface area contributed by atoms with Crippen LogP contribution < -0.4 is 15.0 Å². The van der Waals surface area contributed by atoms with E-state index in [4.69, 9.17) is 16.3 Å². The van der Waals surface area contributed by atoms with Crippen molar-refractivity contribution < 1.29 is 27.5 Å². The van der Waals surface area contributed by atoms with Crippen molar-refractivity contribution in [2.75, 3.05) is 23.4 Å². The number of benzene rings is 2. The fourth-order valence-corrected chi connectivity index (χ4v) is 3.03. The van der Waals surface area contributed by atoms with E-state index >= 15 is 0 Å². The van der Waals surface area contributed by atoms with E-state index in [-0.39, 0.29) is 18.2 Å².